The number of carbonyl (C=O) groups excluding carboxylic acids is 1. The Kier molecular flexibility index (Phi) is 8.90. The molecule has 3 aromatic rings. The topological polar surface area (TPSA) is 48.0 Å². The van der Waals surface area contributed by atoms with Gasteiger partial charge in [0.15, 0.2) is 11.5 Å². The summed E-state index contributed by atoms with van der Waals surface area (Å²) in [6.45, 7) is 5.19. The molecule has 2 atom stereocenters. The summed E-state index contributed by atoms with van der Waals surface area (Å²) in [5.41, 5.74) is 3.26. The standard InChI is InChI=1S/C28H33NO4/c1-21(17-28(30)33-20-23-11-7-5-8-12-23)29(22(2)25-13-9-6-10-14-25)19-24-15-16-26(31-3)27(18-24)32-4/h5-16,18,21-22H,17,19-20H2,1-4H3/t21?,22-/m1/s1. The van der Waals surface area contributed by atoms with Gasteiger partial charge in [-0.15, -0.1) is 0 Å². The number of esters is 1. The number of hydrogen-bond acceptors (Lipinski definition) is 5. The van der Waals surface area contributed by atoms with Gasteiger partial charge in [-0.3, -0.25) is 9.69 Å². The van der Waals surface area contributed by atoms with Crippen LogP contribution in [0, 0.1) is 0 Å². The molecule has 5 nitrogen and oxygen atoms in total. The minimum Gasteiger partial charge on any atom is -0.493 e. The van der Waals surface area contributed by atoms with Gasteiger partial charge in [0.25, 0.3) is 0 Å². The molecule has 0 N–H and O–H groups in total. The molecule has 3 aromatic carbocycles. The first kappa shape index (κ1) is 24.3. The summed E-state index contributed by atoms with van der Waals surface area (Å²) in [6.07, 6.45) is 0.303. The van der Waals surface area contributed by atoms with Crippen molar-refractivity contribution in [3.8, 4) is 11.5 Å². The van der Waals surface area contributed by atoms with Crippen molar-refractivity contribution in [1.82, 2.24) is 4.90 Å². The average molecular weight is 448 g/mol. The molecular formula is C28H33NO4. The Bertz CT molecular complexity index is 1010. The number of methoxy groups -OCH3 is 2. The highest BCUT2D eigenvalue weighted by molar-refractivity contribution is 5.70. The summed E-state index contributed by atoms with van der Waals surface area (Å²) in [4.78, 5) is 15.0. The second-order valence-electron chi connectivity index (χ2n) is 8.15. The van der Waals surface area contributed by atoms with Crippen LogP contribution in [-0.4, -0.2) is 31.1 Å². The number of ether oxygens (including phenoxy) is 3. The molecule has 0 bridgehead atoms. The number of hydrogen-bond donors (Lipinski definition) is 0. The van der Waals surface area contributed by atoms with Crippen LogP contribution in [0.15, 0.2) is 78.9 Å². The van der Waals surface area contributed by atoms with Crippen molar-refractivity contribution in [2.45, 2.75) is 45.5 Å². The van der Waals surface area contributed by atoms with Gasteiger partial charge in [-0.25, -0.2) is 0 Å². The summed E-state index contributed by atoms with van der Waals surface area (Å²) in [6, 6.07) is 26.1. The van der Waals surface area contributed by atoms with Gasteiger partial charge in [0.1, 0.15) is 6.61 Å². The molecule has 0 aliphatic carbocycles. The molecule has 0 fully saturated rings. The predicted octanol–water partition coefficient (Wildman–Crippen LogP) is 5.79. The number of nitrogens with zero attached hydrogens (tertiary/aromatic N) is 1. The smallest absolute Gasteiger partial charge is 0.307 e. The van der Waals surface area contributed by atoms with Gasteiger partial charge in [0, 0.05) is 18.6 Å². The van der Waals surface area contributed by atoms with Gasteiger partial charge < -0.3 is 14.2 Å². The first-order chi connectivity index (χ1) is 16.0. The molecule has 0 saturated carbocycles. The van der Waals surface area contributed by atoms with E-state index >= 15 is 0 Å². The molecule has 3 rings (SSSR count). The lowest BCUT2D eigenvalue weighted by atomic mass is 10.0. The lowest BCUT2D eigenvalue weighted by Crippen LogP contribution is -2.36. The molecule has 0 heterocycles. The van der Waals surface area contributed by atoms with E-state index in [1.165, 1.54) is 5.56 Å². The highest BCUT2D eigenvalue weighted by Gasteiger charge is 2.25. The van der Waals surface area contributed by atoms with E-state index in [9.17, 15) is 4.79 Å². The van der Waals surface area contributed by atoms with Crippen LogP contribution in [0.5, 0.6) is 11.5 Å². The van der Waals surface area contributed by atoms with E-state index in [1.807, 2.05) is 66.7 Å². The minimum absolute atomic E-state index is 0.0309. The van der Waals surface area contributed by atoms with Crippen molar-refractivity contribution in [3.63, 3.8) is 0 Å². The second-order valence-corrected chi connectivity index (χ2v) is 8.15. The minimum atomic E-state index is -0.205. The first-order valence-corrected chi connectivity index (χ1v) is 11.2. The van der Waals surface area contributed by atoms with Crippen LogP contribution in [-0.2, 0) is 22.7 Å². The molecule has 0 aliphatic heterocycles. The third kappa shape index (κ3) is 6.83. The third-order valence-corrected chi connectivity index (χ3v) is 5.86. The molecule has 0 aliphatic rings. The van der Waals surface area contributed by atoms with E-state index in [0.717, 1.165) is 11.1 Å². The van der Waals surface area contributed by atoms with Crippen LogP contribution in [0.25, 0.3) is 0 Å². The van der Waals surface area contributed by atoms with E-state index < -0.39 is 0 Å². The normalized spacial score (nSPS) is 12.8. The molecule has 0 saturated heterocycles. The summed E-state index contributed by atoms with van der Waals surface area (Å²) in [5, 5.41) is 0. The van der Waals surface area contributed by atoms with E-state index in [-0.39, 0.29) is 24.7 Å². The van der Waals surface area contributed by atoms with E-state index in [0.29, 0.717) is 24.5 Å². The fraction of sp³-hybridized carbons (Fsp3) is 0.321. The van der Waals surface area contributed by atoms with Crippen molar-refractivity contribution < 1.29 is 19.0 Å². The zero-order chi connectivity index (χ0) is 23.6. The van der Waals surface area contributed by atoms with Gasteiger partial charge in [-0.05, 0) is 42.7 Å². The summed E-state index contributed by atoms with van der Waals surface area (Å²) >= 11 is 0. The Labute approximate surface area is 196 Å². The number of benzene rings is 3. The molecule has 33 heavy (non-hydrogen) atoms. The third-order valence-electron chi connectivity index (χ3n) is 5.86. The van der Waals surface area contributed by atoms with Crippen molar-refractivity contribution in [2.24, 2.45) is 0 Å². The van der Waals surface area contributed by atoms with Crippen LogP contribution in [0.3, 0.4) is 0 Å². The van der Waals surface area contributed by atoms with Crippen LogP contribution >= 0.6 is 0 Å². The summed E-state index contributed by atoms with van der Waals surface area (Å²) < 4.78 is 16.4. The van der Waals surface area contributed by atoms with Crippen LogP contribution in [0.2, 0.25) is 0 Å². The van der Waals surface area contributed by atoms with Gasteiger partial charge in [-0.1, -0.05) is 66.7 Å². The second kappa shape index (κ2) is 12.1. The fourth-order valence-electron chi connectivity index (χ4n) is 3.94. The molecule has 1 unspecified atom stereocenters. The molecule has 0 radical (unpaired) electrons. The van der Waals surface area contributed by atoms with Gasteiger partial charge in [0.2, 0.25) is 0 Å². The van der Waals surface area contributed by atoms with E-state index in [2.05, 4.69) is 30.9 Å². The van der Waals surface area contributed by atoms with E-state index in [1.54, 1.807) is 14.2 Å². The van der Waals surface area contributed by atoms with Crippen LogP contribution in [0.1, 0.15) is 43.0 Å². The number of rotatable bonds is 11. The van der Waals surface area contributed by atoms with Crippen molar-refractivity contribution >= 4 is 5.97 Å². The average Bonchev–Trinajstić information content (AvgIpc) is 2.86. The van der Waals surface area contributed by atoms with Crippen molar-refractivity contribution in [1.29, 1.82) is 0 Å². The molecule has 0 amide bonds. The quantitative estimate of drug-likeness (QED) is 0.348. The lowest BCUT2D eigenvalue weighted by molar-refractivity contribution is -0.146. The van der Waals surface area contributed by atoms with Gasteiger partial charge in [-0.2, -0.15) is 0 Å². The summed E-state index contributed by atoms with van der Waals surface area (Å²) in [5.74, 6) is 1.18. The zero-order valence-electron chi connectivity index (χ0n) is 19.9. The fourth-order valence-corrected chi connectivity index (χ4v) is 3.94. The Hall–Kier alpha value is -3.31. The highest BCUT2D eigenvalue weighted by atomic mass is 16.5. The largest absolute Gasteiger partial charge is 0.493 e. The Morgan fingerprint density at radius 3 is 2.09 bits per heavy atom. The molecule has 174 valence electrons. The first-order valence-electron chi connectivity index (χ1n) is 11.2. The monoisotopic (exact) mass is 447 g/mol. The summed E-state index contributed by atoms with van der Waals surface area (Å²) in [7, 11) is 3.27. The lowest BCUT2D eigenvalue weighted by Gasteiger charge is -2.35. The Balaban J connectivity index is 1.75. The Morgan fingerprint density at radius 2 is 1.45 bits per heavy atom. The van der Waals surface area contributed by atoms with Gasteiger partial charge >= 0.3 is 5.97 Å². The highest BCUT2D eigenvalue weighted by Crippen LogP contribution is 2.31. The maximum atomic E-state index is 12.6. The Morgan fingerprint density at radius 1 is 0.818 bits per heavy atom. The molecule has 0 aromatic heterocycles. The van der Waals surface area contributed by atoms with Crippen LogP contribution < -0.4 is 9.47 Å². The number of carbonyl (C=O) groups is 1. The molecule has 5 heteroatoms. The van der Waals surface area contributed by atoms with Crippen LogP contribution in [0.4, 0.5) is 0 Å². The zero-order valence-corrected chi connectivity index (χ0v) is 19.9. The predicted molar refractivity (Wildman–Crippen MR) is 130 cm³/mol. The SMILES string of the molecule is COc1ccc(CN(C(C)CC(=O)OCc2ccccc2)[C@H](C)c2ccccc2)cc1OC. The van der Waals surface area contributed by atoms with Crippen molar-refractivity contribution in [2.75, 3.05) is 14.2 Å². The van der Waals surface area contributed by atoms with Gasteiger partial charge in [0.05, 0.1) is 20.6 Å². The maximum Gasteiger partial charge on any atom is 0.307 e. The molecular weight excluding hydrogens is 414 g/mol. The van der Waals surface area contributed by atoms with Crippen molar-refractivity contribution in [3.05, 3.63) is 95.6 Å². The van der Waals surface area contributed by atoms with E-state index in [4.69, 9.17) is 14.2 Å². The maximum absolute atomic E-state index is 12.6. The molecule has 0 spiro atoms.